The molecular formula is C12H11ClN2O3. The molecule has 0 amide bonds. The van der Waals surface area contributed by atoms with Gasteiger partial charge in [-0.2, -0.15) is 0 Å². The first-order valence-corrected chi connectivity index (χ1v) is 5.61. The van der Waals surface area contributed by atoms with Crippen LogP contribution in [-0.2, 0) is 16.0 Å². The molecule has 0 saturated carbocycles. The fourth-order valence-electron chi connectivity index (χ4n) is 1.57. The van der Waals surface area contributed by atoms with E-state index < -0.39 is 5.97 Å². The minimum Gasteiger partial charge on any atom is -0.469 e. The van der Waals surface area contributed by atoms with E-state index in [9.17, 15) is 9.59 Å². The summed E-state index contributed by atoms with van der Waals surface area (Å²) >= 11 is 5.86. The summed E-state index contributed by atoms with van der Waals surface area (Å²) in [5.41, 5.74) is 0.853. The predicted octanol–water partition coefficient (Wildman–Crippen LogP) is 1.53. The summed E-state index contributed by atoms with van der Waals surface area (Å²) in [7, 11) is 1.30. The highest BCUT2D eigenvalue weighted by atomic mass is 35.5. The molecule has 0 fully saturated rings. The number of aromatic amines is 1. The number of hydrogen-bond acceptors (Lipinski definition) is 3. The molecule has 0 spiro atoms. The number of aromatic nitrogens is 2. The van der Waals surface area contributed by atoms with Crippen LogP contribution in [0.4, 0.5) is 0 Å². The zero-order chi connectivity index (χ0) is 13.1. The van der Waals surface area contributed by atoms with E-state index in [0.29, 0.717) is 16.4 Å². The van der Waals surface area contributed by atoms with Crippen molar-refractivity contribution in [1.29, 1.82) is 0 Å². The molecule has 0 saturated heterocycles. The van der Waals surface area contributed by atoms with Gasteiger partial charge in [0.25, 0.3) is 5.56 Å². The average molecular weight is 267 g/mol. The number of carbonyl (C=O) groups is 1. The summed E-state index contributed by atoms with van der Waals surface area (Å²) in [5, 5.41) is 3.37. The lowest BCUT2D eigenvalue weighted by molar-refractivity contribution is -0.139. The van der Waals surface area contributed by atoms with Crippen LogP contribution in [0.25, 0.3) is 5.69 Å². The molecule has 0 unspecified atom stereocenters. The maximum absolute atomic E-state index is 11.8. The standard InChI is InChI=1S/C12H11ClN2O3/c1-18-12(17)7-9-6-11(16)15(14-9)10-4-2-3-8(13)5-10/h2-6,14H,7H2,1H3. The van der Waals surface area contributed by atoms with Crippen molar-refractivity contribution in [2.75, 3.05) is 7.11 Å². The third kappa shape index (κ3) is 2.62. The molecule has 0 atom stereocenters. The summed E-state index contributed by atoms with van der Waals surface area (Å²) in [6, 6.07) is 8.21. The lowest BCUT2D eigenvalue weighted by atomic mass is 10.3. The van der Waals surface area contributed by atoms with Crippen molar-refractivity contribution in [3.05, 3.63) is 51.4 Å². The molecule has 1 aromatic heterocycles. The van der Waals surface area contributed by atoms with E-state index in [1.54, 1.807) is 24.3 Å². The quantitative estimate of drug-likeness (QED) is 0.857. The van der Waals surface area contributed by atoms with Crippen LogP contribution >= 0.6 is 11.6 Å². The molecular weight excluding hydrogens is 256 g/mol. The molecule has 94 valence electrons. The topological polar surface area (TPSA) is 64.1 Å². The van der Waals surface area contributed by atoms with Gasteiger partial charge in [-0.25, -0.2) is 4.68 Å². The number of methoxy groups -OCH3 is 1. The van der Waals surface area contributed by atoms with Crippen LogP contribution in [0.2, 0.25) is 5.02 Å². The Hall–Kier alpha value is -2.01. The highest BCUT2D eigenvalue weighted by Crippen LogP contribution is 2.12. The van der Waals surface area contributed by atoms with Crippen molar-refractivity contribution in [2.45, 2.75) is 6.42 Å². The van der Waals surface area contributed by atoms with Gasteiger partial charge in [0.2, 0.25) is 0 Å². The Morgan fingerprint density at radius 1 is 1.44 bits per heavy atom. The van der Waals surface area contributed by atoms with Gasteiger partial charge in [0.05, 0.1) is 19.2 Å². The number of benzene rings is 1. The van der Waals surface area contributed by atoms with Crippen LogP contribution < -0.4 is 5.56 Å². The van der Waals surface area contributed by atoms with Gasteiger partial charge < -0.3 is 4.74 Å². The Kier molecular flexibility index (Phi) is 3.53. The molecule has 0 aliphatic rings. The van der Waals surface area contributed by atoms with Gasteiger partial charge >= 0.3 is 5.97 Å². The summed E-state index contributed by atoms with van der Waals surface area (Å²) < 4.78 is 5.86. The average Bonchev–Trinajstić information content (AvgIpc) is 2.70. The Labute approximate surface area is 108 Å². The van der Waals surface area contributed by atoms with E-state index in [2.05, 4.69) is 9.84 Å². The molecule has 5 nitrogen and oxygen atoms in total. The minimum atomic E-state index is -0.408. The third-order valence-corrected chi connectivity index (χ3v) is 2.64. The largest absolute Gasteiger partial charge is 0.469 e. The van der Waals surface area contributed by atoms with Crippen LogP contribution in [0.1, 0.15) is 5.69 Å². The molecule has 1 N–H and O–H groups in total. The molecule has 0 aliphatic carbocycles. The van der Waals surface area contributed by atoms with Gasteiger partial charge in [0, 0.05) is 16.8 Å². The maximum atomic E-state index is 11.8. The number of nitrogens with one attached hydrogen (secondary N) is 1. The normalized spacial score (nSPS) is 10.3. The van der Waals surface area contributed by atoms with E-state index in [0.717, 1.165) is 0 Å². The van der Waals surface area contributed by atoms with E-state index in [4.69, 9.17) is 11.6 Å². The number of rotatable bonds is 3. The summed E-state index contributed by atoms with van der Waals surface area (Å²) in [6.45, 7) is 0. The van der Waals surface area contributed by atoms with Crippen molar-refractivity contribution < 1.29 is 9.53 Å². The molecule has 0 radical (unpaired) electrons. The molecule has 0 aliphatic heterocycles. The van der Waals surface area contributed by atoms with Crippen molar-refractivity contribution in [3.63, 3.8) is 0 Å². The van der Waals surface area contributed by atoms with Crippen LogP contribution in [-0.4, -0.2) is 22.9 Å². The second kappa shape index (κ2) is 5.10. The number of nitrogens with zero attached hydrogens (tertiary/aromatic N) is 1. The van der Waals surface area contributed by atoms with Crippen LogP contribution in [0, 0.1) is 0 Å². The molecule has 6 heteroatoms. The number of ether oxygens (including phenoxy) is 1. The Balaban J connectivity index is 2.35. The second-order valence-electron chi connectivity index (χ2n) is 3.69. The van der Waals surface area contributed by atoms with Crippen LogP contribution in [0.3, 0.4) is 0 Å². The SMILES string of the molecule is COC(=O)Cc1cc(=O)n(-c2cccc(Cl)c2)[nH]1. The predicted molar refractivity (Wildman–Crippen MR) is 67.1 cm³/mol. The van der Waals surface area contributed by atoms with E-state index >= 15 is 0 Å². The van der Waals surface area contributed by atoms with Gasteiger partial charge in [-0.15, -0.1) is 0 Å². The first-order valence-electron chi connectivity index (χ1n) is 5.24. The lowest BCUT2D eigenvalue weighted by Crippen LogP contribution is -2.13. The highest BCUT2D eigenvalue weighted by molar-refractivity contribution is 6.30. The van der Waals surface area contributed by atoms with Crippen molar-refractivity contribution in [1.82, 2.24) is 9.78 Å². The Bertz CT molecular complexity index is 630. The highest BCUT2D eigenvalue weighted by Gasteiger charge is 2.09. The monoisotopic (exact) mass is 266 g/mol. The smallest absolute Gasteiger partial charge is 0.311 e. The number of hydrogen-bond donors (Lipinski definition) is 1. The van der Waals surface area contributed by atoms with Crippen molar-refractivity contribution in [2.24, 2.45) is 0 Å². The molecule has 2 rings (SSSR count). The third-order valence-electron chi connectivity index (χ3n) is 2.40. The minimum absolute atomic E-state index is 0.0271. The zero-order valence-electron chi connectivity index (χ0n) is 9.64. The first-order chi connectivity index (χ1) is 8.60. The molecule has 1 heterocycles. The summed E-state index contributed by atoms with van der Waals surface area (Å²) in [5.74, 6) is -0.408. The lowest BCUT2D eigenvalue weighted by Gasteiger charge is -2.02. The maximum Gasteiger partial charge on any atom is 0.311 e. The number of esters is 1. The number of H-pyrrole nitrogens is 1. The van der Waals surface area contributed by atoms with Gasteiger partial charge in [-0.05, 0) is 18.2 Å². The second-order valence-corrected chi connectivity index (χ2v) is 4.12. The molecule has 2 aromatic rings. The van der Waals surface area contributed by atoms with Gasteiger partial charge in [0.1, 0.15) is 0 Å². The molecule has 1 aromatic carbocycles. The molecule has 0 bridgehead atoms. The van der Waals surface area contributed by atoms with Crippen LogP contribution in [0.5, 0.6) is 0 Å². The fourth-order valence-corrected chi connectivity index (χ4v) is 1.75. The fraction of sp³-hybridized carbons (Fsp3) is 0.167. The van der Waals surface area contributed by atoms with Crippen molar-refractivity contribution in [3.8, 4) is 5.69 Å². The Morgan fingerprint density at radius 2 is 2.22 bits per heavy atom. The van der Waals surface area contributed by atoms with Crippen molar-refractivity contribution >= 4 is 17.6 Å². The summed E-state index contributed by atoms with van der Waals surface area (Å²) in [6.07, 6.45) is 0.0271. The summed E-state index contributed by atoms with van der Waals surface area (Å²) in [4.78, 5) is 22.9. The van der Waals surface area contributed by atoms with E-state index in [-0.39, 0.29) is 12.0 Å². The zero-order valence-corrected chi connectivity index (χ0v) is 10.4. The number of carbonyl (C=O) groups excluding carboxylic acids is 1. The van der Waals surface area contributed by atoms with Gasteiger partial charge in [-0.3, -0.25) is 14.7 Å². The first kappa shape index (κ1) is 12.4. The number of halogens is 1. The van der Waals surface area contributed by atoms with Gasteiger partial charge in [-0.1, -0.05) is 17.7 Å². The van der Waals surface area contributed by atoms with Crippen LogP contribution in [0.15, 0.2) is 35.1 Å². The van der Waals surface area contributed by atoms with E-state index in [1.165, 1.54) is 17.9 Å². The van der Waals surface area contributed by atoms with E-state index in [1.807, 2.05) is 0 Å². The Morgan fingerprint density at radius 3 is 2.89 bits per heavy atom. The molecule has 18 heavy (non-hydrogen) atoms. The van der Waals surface area contributed by atoms with Gasteiger partial charge in [0.15, 0.2) is 0 Å².